The second-order valence-electron chi connectivity index (χ2n) is 19.7. The third kappa shape index (κ3) is 76.8. The first-order valence-electron chi connectivity index (χ1n) is 26.5. The average Bonchev–Trinajstić information content (AvgIpc) is 3.18. The molecule has 0 fully saturated rings. The quantitative estimate of drug-likeness (QED) is 0.0415. The minimum Gasteiger partial charge on any atom is -0.481 e. The van der Waals surface area contributed by atoms with Gasteiger partial charge in [-0.3, -0.25) is 14.4 Å². The van der Waals surface area contributed by atoms with Crippen LogP contribution in [0.2, 0.25) is 0 Å². The van der Waals surface area contributed by atoms with Crippen LogP contribution >= 0.6 is 0 Å². The van der Waals surface area contributed by atoms with E-state index in [9.17, 15) is 14.4 Å². The molecule has 3 N–H and O–H groups in total. The Morgan fingerprint density at radius 1 is 0.246 bits per heavy atom. The first kappa shape index (κ1) is 66.7. The van der Waals surface area contributed by atoms with Crippen molar-refractivity contribution in [3.05, 3.63) is 0 Å². The van der Waals surface area contributed by atoms with Crippen LogP contribution in [0.4, 0.5) is 0 Å². The van der Waals surface area contributed by atoms with Gasteiger partial charge in [0.1, 0.15) is 0 Å². The average molecular weight is 901 g/mol. The van der Waals surface area contributed by atoms with Gasteiger partial charge in [0.05, 0.1) is 0 Å². The molecule has 364 valence electrons. The number of carbonyl (C=O) groups is 3. The molecule has 0 atom stereocenters. The number of hydrogen-bond acceptors (Lipinski definition) is 3. The Hall–Kier alpha value is -0.876. The Morgan fingerprint density at radius 3 is 0.475 bits per heavy atom. The van der Waals surface area contributed by atoms with Gasteiger partial charge in [0.2, 0.25) is 0 Å². The molecule has 0 amide bonds. The molecule has 0 radical (unpaired) electrons. The maximum atomic E-state index is 10.3. The Bertz CT molecular complexity index is 751. The third-order valence-corrected chi connectivity index (χ3v) is 11.8. The van der Waals surface area contributed by atoms with Crippen molar-refractivity contribution >= 4 is 17.9 Å². The molecule has 0 aliphatic heterocycles. The van der Waals surface area contributed by atoms with E-state index in [2.05, 4.69) is 41.5 Å². The smallest absolute Gasteiger partial charge is 0.303 e. The van der Waals surface area contributed by atoms with Gasteiger partial charge in [-0.05, 0) is 37.0 Å². The summed E-state index contributed by atoms with van der Waals surface area (Å²) in [6.07, 6.45) is 52.0. The van der Waals surface area contributed by atoms with Crippen LogP contribution in [0, 0.1) is 17.8 Å². The van der Waals surface area contributed by atoms with E-state index in [0.717, 1.165) is 56.3 Å². The summed E-state index contributed by atoms with van der Waals surface area (Å²) in [4.78, 5) is 31.0. The van der Waals surface area contributed by atoms with Crippen molar-refractivity contribution in [3.8, 4) is 0 Å². The standard InChI is InChI=1S/3C18H36O2.Ti/c3*1-17(2)15-13-11-9-7-5-3-4-6-8-10-12-14-16-18(19)20;/h3*17H,3-16H2,1-2H3,(H,19,20);. The summed E-state index contributed by atoms with van der Waals surface area (Å²) in [6, 6.07) is 0. The topological polar surface area (TPSA) is 112 Å². The first-order valence-corrected chi connectivity index (χ1v) is 26.5. The van der Waals surface area contributed by atoms with Gasteiger partial charge in [-0.1, -0.05) is 273 Å². The molecule has 0 saturated carbocycles. The Kier molecular flexibility index (Phi) is 62.5. The fourth-order valence-corrected chi connectivity index (χ4v) is 7.79. The molecule has 0 spiro atoms. The maximum absolute atomic E-state index is 10.3. The zero-order chi connectivity index (χ0) is 45.2. The van der Waals surface area contributed by atoms with Gasteiger partial charge in [0.25, 0.3) is 0 Å². The van der Waals surface area contributed by atoms with Crippen LogP contribution in [0.15, 0.2) is 0 Å². The number of unbranched alkanes of at least 4 members (excludes halogenated alkanes) is 33. The largest absolute Gasteiger partial charge is 0.481 e. The molecule has 0 heterocycles. The van der Waals surface area contributed by atoms with Gasteiger partial charge < -0.3 is 15.3 Å². The van der Waals surface area contributed by atoms with Gasteiger partial charge in [0, 0.05) is 41.0 Å². The predicted molar refractivity (Wildman–Crippen MR) is 261 cm³/mol. The second kappa shape index (κ2) is 57.1. The van der Waals surface area contributed by atoms with Crippen molar-refractivity contribution in [1.82, 2.24) is 0 Å². The van der Waals surface area contributed by atoms with Crippen molar-refractivity contribution in [2.24, 2.45) is 17.8 Å². The van der Waals surface area contributed by atoms with E-state index < -0.39 is 17.9 Å². The Balaban J connectivity index is -0.000000396. The molecule has 0 aromatic heterocycles. The second-order valence-corrected chi connectivity index (χ2v) is 19.7. The summed E-state index contributed by atoms with van der Waals surface area (Å²) >= 11 is 0. The van der Waals surface area contributed by atoms with E-state index in [1.165, 1.54) is 212 Å². The molecule has 0 aromatic rings. The molecule has 0 aliphatic rings. The van der Waals surface area contributed by atoms with Crippen molar-refractivity contribution in [2.75, 3.05) is 0 Å². The minimum atomic E-state index is -0.654. The van der Waals surface area contributed by atoms with Crippen LogP contribution in [0.1, 0.15) is 311 Å². The van der Waals surface area contributed by atoms with Crippen LogP contribution in [0.25, 0.3) is 0 Å². The zero-order valence-corrected chi connectivity index (χ0v) is 43.6. The summed E-state index contributed by atoms with van der Waals surface area (Å²) in [5.74, 6) is 0.636. The summed E-state index contributed by atoms with van der Waals surface area (Å²) in [7, 11) is 0. The Morgan fingerprint density at radius 2 is 0.361 bits per heavy atom. The molecule has 7 heteroatoms. The van der Waals surface area contributed by atoms with E-state index in [4.69, 9.17) is 15.3 Å². The van der Waals surface area contributed by atoms with Crippen LogP contribution in [0.3, 0.4) is 0 Å². The predicted octanol–water partition coefficient (Wildman–Crippen LogP) is 18.6. The molecule has 0 bridgehead atoms. The van der Waals surface area contributed by atoms with Crippen LogP contribution in [0.5, 0.6) is 0 Å². The van der Waals surface area contributed by atoms with Gasteiger partial charge in [-0.25, -0.2) is 0 Å². The molecule has 0 saturated heterocycles. The molecule has 0 unspecified atom stereocenters. The van der Waals surface area contributed by atoms with Crippen molar-refractivity contribution in [1.29, 1.82) is 0 Å². The van der Waals surface area contributed by atoms with Crippen LogP contribution in [-0.4, -0.2) is 33.2 Å². The molecular formula is C54H108O6Ti. The molecule has 0 aromatic carbocycles. The van der Waals surface area contributed by atoms with Gasteiger partial charge in [-0.2, -0.15) is 0 Å². The van der Waals surface area contributed by atoms with Gasteiger partial charge >= 0.3 is 17.9 Å². The monoisotopic (exact) mass is 901 g/mol. The molecule has 0 aliphatic carbocycles. The van der Waals surface area contributed by atoms with Gasteiger partial charge in [0.15, 0.2) is 0 Å². The van der Waals surface area contributed by atoms with E-state index in [1.54, 1.807) is 0 Å². The fraction of sp³-hybridized carbons (Fsp3) is 0.944. The third-order valence-electron chi connectivity index (χ3n) is 11.8. The normalized spacial score (nSPS) is 11.0. The van der Waals surface area contributed by atoms with Gasteiger partial charge in [-0.15, -0.1) is 0 Å². The number of carboxylic acids is 3. The maximum Gasteiger partial charge on any atom is 0.303 e. The summed E-state index contributed by atoms with van der Waals surface area (Å²) in [6.45, 7) is 13.8. The summed E-state index contributed by atoms with van der Waals surface area (Å²) in [5, 5.41) is 25.6. The number of carboxylic acid groups (broad SMARTS) is 3. The zero-order valence-electron chi connectivity index (χ0n) is 42.0. The first-order chi connectivity index (χ1) is 28.9. The summed E-state index contributed by atoms with van der Waals surface area (Å²) < 4.78 is 0. The van der Waals surface area contributed by atoms with E-state index in [-0.39, 0.29) is 21.7 Å². The molecule has 0 rings (SSSR count). The molecule has 6 nitrogen and oxygen atoms in total. The number of aliphatic carboxylic acids is 3. The Labute approximate surface area is 396 Å². The summed E-state index contributed by atoms with van der Waals surface area (Å²) in [5.41, 5.74) is 0. The number of rotatable bonds is 45. The SMILES string of the molecule is CC(C)CCCCCCCCCCCCCCC(=O)O.CC(C)CCCCCCCCCCCCCCC(=O)O.CC(C)CCCCCCCCCCCCCCC(=O)O.[Ti]. The van der Waals surface area contributed by atoms with Crippen molar-refractivity contribution in [2.45, 2.75) is 311 Å². The van der Waals surface area contributed by atoms with Crippen molar-refractivity contribution in [3.63, 3.8) is 0 Å². The van der Waals surface area contributed by atoms with Crippen LogP contribution < -0.4 is 0 Å². The number of hydrogen-bond donors (Lipinski definition) is 3. The molecular weight excluding hydrogens is 792 g/mol. The van der Waals surface area contributed by atoms with E-state index >= 15 is 0 Å². The van der Waals surface area contributed by atoms with E-state index in [0.29, 0.717) is 19.3 Å². The van der Waals surface area contributed by atoms with Crippen molar-refractivity contribution < 1.29 is 51.4 Å². The van der Waals surface area contributed by atoms with E-state index in [1.807, 2.05) is 0 Å². The minimum absolute atomic E-state index is 0. The fourth-order valence-electron chi connectivity index (χ4n) is 7.79. The molecule has 61 heavy (non-hydrogen) atoms. The van der Waals surface area contributed by atoms with Crippen LogP contribution in [-0.2, 0) is 36.1 Å².